The van der Waals surface area contributed by atoms with Crippen LogP contribution in [-0.2, 0) is 11.2 Å². The van der Waals surface area contributed by atoms with Crippen LogP contribution in [0.5, 0.6) is 0 Å². The Kier molecular flexibility index (Phi) is 6.47. The molecule has 0 saturated carbocycles. The second-order valence-corrected chi connectivity index (χ2v) is 8.73. The van der Waals surface area contributed by atoms with Crippen LogP contribution >= 0.6 is 23.1 Å². The minimum absolute atomic E-state index is 0.0521. The molecule has 1 aromatic heterocycles. The Bertz CT molecular complexity index is 891. The molecule has 0 aliphatic heterocycles. The average molecular weight is 399 g/mol. The van der Waals surface area contributed by atoms with Gasteiger partial charge >= 0.3 is 0 Å². The van der Waals surface area contributed by atoms with Crippen molar-refractivity contribution in [3.8, 4) is 0 Å². The van der Waals surface area contributed by atoms with Gasteiger partial charge in [0.15, 0.2) is 4.34 Å². The first-order valence-corrected chi connectivity index (χ1v) is 10.5. The highest BCUT2D eigenvalue weighted by molar-refractivity contribution is 8.02. The Balaban J connectivity index is 1.55. The molecule has 3 rings (SSSR count). The van der Waals surface area contributed by atoms with Gasteiger partial charge in [0.05, 0.1) is 5.25 Å². The zero-order chi connectivity index (χ0) is 19.2. The summed E-state index contributed by atoms with van der Waals surface area (Å²) in [7, 11) is 0. The third-order valence-electron chi connectivity index (χ3n) is 3.99. The van der Waals surface area contributed by atoms with Crippen LogP contribution in [0.25, 0.3) is 0 Å². The number of hydrogen-bond acceptors (Lipinski definition) is 6. The first-order chi connectivity index (χ1) is 13.0. The highest BCUT2D eigenvalue weighted by Crippen LogP contribution is 2.31. The number of carbonyl (C=O) groups is 1. The molecule has 3 aromatic rings. The van der Waals surface area contributed by atoms with E-state index in [1.54, 1.807) is 0 Å². The fourth-order valence-corrected chi connectivity index (χ4v) is 4.26. The molecular weight excluding hydrogens is 376 g/mol. The number of rotatable bonds is 7. The monoisotopic (exact) mass is 398 g/mol. The number of aryl methyl sites for hydroxylation is 2. The lowest BCUT2D eigenvalue weighted by Gasteiger charge is -2.10. The summed E-state index contributed by atoms with van der Waals surface area (Å²) in [6, 6.07) is 16.0. The maximum Gasteiger partial charge on any atom is 0.237 e. The Morgan fingerprint density at radius 1 is 1.07 bits per heavy atom. The molecular formula is C20H22N4OS2. The lowest BCUT2D eigenvalue weighted by atomic mass is 10.1. The largest absolute Gasteiger partial charge is 0.330 e. The zero-order valence-corrected chi connectivity index (χ0v) is 17.2. The molecule has 0 aliphatic rings. The molecule has 7 heteroatoms. The third-order valence-corrected chi connectivity index (χ3v) is 6.01. The molecule has 140 valence electrons. The van der Waals surface area contributed by atoms with E-state index in [0.29, 0.717) is 5.13 Å². The van der Waals surface area contributed by atoms with Crippen LogP contribution < -0.4 is 10.6 Å². The molecule has 0 bridgehead atoms. The number of hydrogen-bond donors (Lipinski definition) is 2. The van der Waals surface area contributed by atoms with E-state index in [9.17, 15) is 4.79 Å². The molecule has 0 aliphatic carbocycles. The molecule has 2 aromatic carbocycles. The van der Waals surface area contributed by atoms with Gasteiger partial charge in [-0.3, -0.25) is 4.79 Å². The molecule has 1 amide bonds. The second kappa shape index (κ2) is 9.01. The van der Waals surface area contributed by atoms with Gasteiger partial charge in [-0.1, -0.05) is 59.9 Å². The van der Waals surface area contributed by atoms with Crippen molar-refractivity contribution in [2.45, 2.75) is 36.8 Å². The quantitative estimate of drug-likeness (QED) is 0.531. The smallest absolute Gasteiger partial charge is 0.237 e. The fourth-order valence-electron chi connectivity index (χ4n) is 2.34. The van der Waals surface area contributed by atoms with Gasteiger partial charge < -0.3 is 10.6 Å². The average Bonchev–Trinajstić information content (AvgIpc) is 3.11. The fraction of sp³-hybridized carbons (Fsp3) is 0.250. The van der Waals surface area contributed by atoms with Crippen LogP contribution in [-0.4, -0.2) is 21.4 Å². The second-order valence-electron chi connectivity index (χ2n) is 6.16. The van der Waals surface area contributed by atoms with Crippen LogP contribution in [0.2, 0.25) is 0 Å². The predicted molar refractivity (Wildman–Crippen MR) is 114 cm³/mol. The van der Waals surface area contributed by atoms with Gasteiger partial charge in [-0.2, -0.15) is 0 Å². The van der Waals surface area contributed by atoms with E-state index < -0.39 is 0 Å². The van der Waals surface area contributed by atoms with E-state index >= 15 is 0 Å². The van der Waals surface area contributed by atoms with Crippen molar-refractivity contribution >= 4 is 45.5 Å². The van der Waals surface area contributed by atoms with Crippen molar-refractivity contribution in [1.29, 1.82) is 0 Å². The van der Waals surface area contributed by atoms with Crippen molar-refractivity contribution in [1.82, 2.24) is 10.2 Å². The number of aromatic nitrogens is 2. The number of carbonyl (C=O) groups excluding carboxylic acids is 1. The third kappa shape index (κ3) is 5.55. The van der Waals surface area contributed by atoms with Crippen molar-refractivity contribution in [2.75, 3.05) is 10.6 Å². The summed E-state index contributed by atoms with van der Waals surface area (Å²) < 4.78 is 0.759. The molecule has 27 heavy (non-hydrogen) atoms. The Hall–Kier alpha value is -2.38. The van der Waals surface area contributed by atoms with Crippen molar-refractivity contribution in [2.24, 2.45) is 0 Å². The van der Waals surface area contributed by atoms with Gasteiger partial charge in [0.2, 0.25) is 11.0 Å². The van der Waals surface area contributed by atoms with Crippen LogP contribution in [0.1, 0.15) is 25.0 Å². The number of benzene rings is 2. The summed E-state index contributed by atoms with van der Waals surface area (Å²) in [5.41, 5.74) is 4.23. The number of amides is 1. The SMILES string of the molecule is CCc1ccc(Nc2nnc(S[C@H](C)C(=O)Nc3ccc(C)cc3)s2)cc1. The van der Waals surface area contributed by atoms with Crippen molar-refractivity contribution in [3.05, 3.63) is 59.7 Å². The maximum absolute atomic E-state index is 12.4. The topological polar surface area (TPSA) is 66.9 Å². The Labute approximate surface area is 167 Å². The van der Waals surface area contributed by atoms with E-state index in [1.807, 2.05) is 50.2 Å². The summed E-state index contributed by atoms with van der Waals surface area (Å²) in [4.78, 5) is 12.4. The summed E-state index contributed by atoms with van der Waals surface area (Å²) in [6.45, 7) is 6.02. The molecule has 0 unspecified atom stereocenters. The summed E-state index contributed by atoms with van der Waals surface area (Å²) in [5.74, 6) is -0.0521. The van der Waals surface area contributed by atoms with Crippen LogP contribution in [0, 0.1) is 6.92 Å². The lowest BCUT2D eigenvalue weighted by molar-refractivity contribution is -0.115. The Morgan fingerprint density at radius 2 is 1.74 bits per heavy atom. The van der Waals surface area contributed by atoms with Crippen LogP contribution in [0.4, 0.5) is 16.5 Å². The minimum atomic E-state index is -0.268. The number of nitrogens with zero attached hydrogens (tertiary/aromatic N) is 2. The highest BCUT2D eigenvalue weighted by Gasteiger charge is 2.17. The van der Waals surface area contributed by atoms with Gasteiger partial charge in [-0.15, -0.1) is 10.2 Å². The zero-order valence-electron chi connectivity index (χ0n) is 15.5. The van der Waals surface area contributed by atoms with E-state index in [-0.39, 0.29) is 11.2 Å². The standard InChI is InChI=1S/C20H22N4OS2/c1-4-15-7-11-17(12-8-15)22-19-23-24-20(27-19)26-14(3)18(25)21-16-9-5-13(2)6-10-16/h5-12,14H,4H2,1-3H3,(H,21,25)(H,22,23)/t14-/m1/s1. The van der Waals surface area contributed by atoms with Crippen LogP contribution in [0.3, 0.4) is 0 Å². The molecule has 1 heterocycles. The van der Waals surface area contributed by atoms with Gasteiger partial charge in [-0.05, 0) is 50.1 Å². The van der Waals surface area contributed by atoms with E-state index in [2.05, 4.69) is 39.9 Å². The van der Waals surface area contributed by atoms with E-state index in [1.165, 1.54) is 28.7 Å². The van der Waals surface area contributed by atoms with Gasteiger partial charge in [0, 0.05) is 11.4 Å². The van der Waals surface area contributed by atoms with E-state index in [0.717, 1.165) is 27.7 Å². The van der Waals surface area contributed by atoms with Gasteiger partial charge in [0.25, 0.3) is 0 Å². The van der Waals surface area contributed by atoms with Gasteiger partial charge in [0.1, 0.15) is 0 Å². The number of anilines is 3. The first kappa shape index (κ1) is 19.4. The minimum Gasteiger partial charge on any atom is -0.330 e. The first-order valence-electron chi connectivity index (χ1n) is 8.77. The lowest BCUT2D eigenvalue weighted by Crippen LogP contribution is -2.22. The molecule has 2 N–H and O–H groups in total. The summed E-state index contributed by atoms with van der Waals surface area (Å²) in [6.07, 6.45) is 1.02. The molecule has 5 nitrogen and oxygen atoms in total. The van der Waals surface area contributed by atoms with Crippen LogP contribution in [0.15, 0.2) is 52.9 Å². The number of thioether (sulfide) groups is 1. The number of nitrogens with one attached hydrogen (secondary N) is 2. The predicted octanol–water partition coefficient (Wildman–Crippen LogP) is 5.27. The summed E-state index contributed by atoms with van der Waals surface area (Å²) in [5, 5.41) is 15.0. The molecule has 0 saturated heterocycles. The normalized spacial score (nSPS) is 11.8. The van der Waals surface area contributed by atoms with Gasteiger partial charge in [-0.25, -0.2) is 0 Å². The molecule has 0 fully saturated rings. The summed E-state index contributed by atoms with van der Waals surface area (Å²) >= 11 is 2.85. The molecule has 0 spiro atoms. The molecule has 0 radical (unpaired) electrons. The highest BCUT2D eigenvalue weighted by atomic mass is 32.2. The van der Waals surface area contributed by atoms with E-state index in [4.69, 9.17) is 0 Å². The van der Waals surface area contributed by atoms with Crippen molar-refractivity contribution < 1.29 is 4.79 Å². The molecule has 1 atom stereocenters. The Morgan fingerprint density at radius 3 is 2.41 bits per heavy atom. The van der Waals surface area contributed by atoms with Crippen molar-refractivity contribution in [3.63, 3.8) is 0 Å². The maximum atomic E-state index is 12.4.